The molecule has 0 bridgehead atoms. The van der Waals surface area contributed by atoms with Crippen molar-refractivity contribution in [2.75, 3.05) is 5.75 Å². The van der Waals surface area contributed by atoms with E-state index < -0.39 is 5.97 Å². The number of carboxylic acids is 1. The predicted molar refractivity (Wildman–Crippen MR) is 72.2 cm³/mol. The average molecular weight is 328 g/mol. The van der Waals surface area contributed by atoms with Gasteiger partial charge in [-0.3, -0.25) is 9.36 Å². The molecule has 5 nitrogen and oxygen atoms in total. The smallest absolute Gasteiger partial charge is 0.313 e. The van der Waals surface area contributed by atoms with Crippen LogP contribution in [-0.2, 0) is 4.79 Å². The summed E-state index contributed by atoms with van der Waals surface area (Å²) in [7, 11) is 0. The summed E-state index contributed by atoms with van der Waals surface area (Å²) in [6.45, 7) is 1.99. The Bertz CT molecular complexity index is 585. The molecular weight excluding hydrogens is 318 g/mol. The van der Waals surface area contributed by atoms with Crippen molar-refractivity contribution in [3.05, 3.63) is 34.6 Å². The fraction of sp³-hybridized carbons (Fsp3) is 0.182. The first-order chi connectivity index (χ1) is 8.58. The van der Waals surface area contributed by atoms with E-state index >= 15 is 0 Å². The van der Waals surface area contributed by atoms with Crippen LogP contribution in [0.5, 0.6) is 0 Å². The van der Waals surface area contributed by atoms with Crippen molar-refractivity contribution >= 4 is 33.7 Å². The maximum atomic E-state index is 10.6. The van der Waals surface area contributed by atoms with Gasteiger partial charge in [0.05, 0.1) is 11.4 Å². The summed E-state index contributed by atoms with van der Waals surface area (Å²) in [5.41, 5.74) is 2.00. The van der Waals surface area contributed by atoms with Crippen LogP contribution in [0.15, 0.2) is 34.2 Å². The second-order valence-electron chi connectivity index (χ2n) is 3.62. The molecule has 94 valence electrons. The number of halogens is 1. The first-order valence-corrected chi connectivity index (χ1v) is 6.87. The van der Waals surface area contributed by atoms with Crippen LogP contribution in [0.1, 0.15) is 5.56 Å². The Hall–Kier alpha value is -1.34. The largest absolute Gasteiger partial charge is 0.481 e. The molecule has 0 spiro atoms. The molecular formula is C11H10BrN3O2S. The highest BCUT2D eigenvalue weighted by Crippen LogP contribution is 2.26. The van der Waals surface area contributed by atoms with Crippen molar-refractivity contribution in [1.29, 1.82) is 0 Å². The van der Waals surface area contributed by atoms with Crippen LogP contribution >= 0.6 is 27.7 Å². The summed E-state index contributed by atoms with van der Waals surface area (Å²) in [4.78, 5) is 10.6. The fourth-order valence-electron chi connectivity index (χ4n) is 1.42. The molecule has 2 rings (SSSR count). The van der Waals surface area contributed by atoms with Gasteiger partial charge in [0, 0.05) is 4.47 Å². The number of carbonyl (C=O) groups is 1. The maximum absolute atomic E-state index is 10.6. The van der Waals surface area contributed by atoms with Crippen molar-refractivity contribution in [3.63, 3.8) is 0 Å². The molecule has 0 unspecified atom stereocenters. The van der Waals surface area contributed by atoms with Crippen molar-refractivity contribution in [3.8, 4) is 5.69 Å². The molecule has 0 radical (unpaired) electrons. The van der Waals surface area contributed by atoms with E-state index in [0.29, 0.717) is 5.16 Å². The first kappa shape index (κ1) is 13.1. The third-order valence-corrected chi connectivity index (χ3v) is 3.80. The number of hydrogen-bond acceptors (Lipinski definition) is 4. The van der Waals surface area contributed by atoms with Crippen molar-refractivity contribution < 1.29 is 9.90 Å². The summed E-state index contributed by atoms with van der Waals surface area (Å²) in [5.74, 6) is -0.917. The van der Waals surface area contributed by atoms with Crippen molar-refractivity contribution in [1.82, 2.24) is 14.8 Å². The number of thioether (sulfide) groups is 1. The lowest BCUT2D eigenvalue weighted by Crippen LogP contribution is -2.02. The normalized spacial score (nSPS) is 10.6. The summed E-state index contributed by atoms with van der Waals surface area (Å²) in [6, 6.07) is 5.91. The van der Waals surface area contributed by atoms with E-state index in [-0.39, 0.29) is 5.75 Å². The van der Waals surface area contributed by atoms with Gasteiger partial charge in [0.15, 0.2) is 5.16 Å². The second-order valence-corrected chi connectivity index (χ2v) is 5.42. The third-order valence-electron chi connectivity index (χ3n) is 2.20. The van der Waals surface area contributed by atoms with E-state index in [0.717, 1.165) is 27.5 Å². The zero-order valence-electron chi connectivity index (χ0n) is 9.50. The van der Waals surface area contributed by atoms with Gasteiger partial charge in [-0.1, -0.05) is 17.8 Å². The van der Waals surface area contributed by atoms with Crippen LogP contribution in [0.25, 0.3) is 5.69 Å². The standard InChI is InChI=1S/C11H10BrN3O2S/c1-7-2-3-8(12)9(4-7)15-6-13-14-11(15)18-5-10(16)17/h2-4,6H,5H2,1H3,(H,16,17). The highest BCUT2D eigenvalue weighted by atomic mass is 79.9. The molecule has 2 aromatic rings. The van der Waals surface area contributed by atoms with E-state index in [1.807, 2.05) is 25.1 Å². The van der Waals surface area contributed by atoms with Crippen LogP contribution in [0.4, 0.5) is 0 Å². The monoisotopic (exact) mass is 327 g/mol. The van der Waals surface area contributed by atoms with Crippen molar-refractivity contribution in [2.24, 2.45) is 0 Å². The van der Waals surface area contributed by atoms with Crippen LogP contribution in [-0.4, -0.2) is 31.6 Å². The number of aryl methyl sites for hydroxylation is 1. The summed E-state index contributed by atoms with van der Waals surface area (Å²) < 4.78 is 2.68. The minimum absolute atomic E-state index is 0.0396. The number of nitrogens with zero attached hydrogens (tertiary/aromatic N) is 3. The highest BCUT2D eigenvalue weighted by Gasteiger charge is 2.11. The number of aliphatic carboxylic acids is 1. The number of rotatable bonds is 4. The van der Waals surface area contributed by atoms with Gasteiger partial charge >= 0.3 is 5.97 Å². The lowest BCUT2D eigenvalue weighted by molar-refractivity contribution is -0.133. The lowest BCUT2D eigenvalue weighted by Gasteiger charge is -2.08. The Labute approximate surface area is 116 Å². The van der Waals surface area contributed by atoms with Gasteiger partial charge in [0.1, 0.15) is 6.33 Å². The zero-order valence-corrected chi connectivity index (χ0v) is 11.9. The van der Waals surface area contributed by atoms with E-state index in [2.05, 4.69) is 26.1 Å². The summed E-state index contributed by atoms with van der Waals surface area (Å²) in [5, 5.41) is 17.0. The molecule has 1 N–H and O–H groups in total. The molecule has 0 saturated carbocycles. The molecule has 0 saturated heterocycles. The molecule has 0 amide bonds. The van der Waals surface area contributed by atoms with Gasteiger partial charge in [-0.2, -0.15) is 0 Å². The topological polar surface area (TPSA) is 68.0 Å². The Morgan fingerprint density at radius 3 is 3.06 bits per heavy atom. The Kier molecular flexibility index (Phi) is 4.03. The number of benzene rings is 1. The van der Waals surface area contributed by atoms with Crippen LogP contribution in [0.2, 0.25) is 0 Å². The fourth-order valence-corrected chi connectivity index (χ4v) is 2.50. The zero-order chi connectivity index (χ0) is 13.1. The summed E-state index contributed by atoms with van der Waals surface area (Å²) in [6.07, 6.45) is 1.57. The Morgan fingerprint density at radius 2 is 2.33 bits per heavy atom. The predicted octanol–water partition coefficient (Wildman–Crippen LogP) is 2.51. The van der Waals surface area contributed by atoms with E-state index in [1.54, 1.807) is 10.9 Å². The molecule has 1 aromatic carbocycles. The SMILES string of the molecule is Cc1ccc(Br)c(-n2cnnc2SCC(=O)O)c1. The molecule has 0 aliphatic carbocycles. The summed E-state index contributed by atoms with van der Waals surface area (Å²) >= 11 is 4.60. The third kappa shape index (κ3) is 2.91. The van der Waals surface area contributed by atoms with E-state index in [4.69, 9.17) is 5.11 Å². The van der Waals surface area contributed by atoms with Crippen LogP contribution in [0.3, 0.4) is 0 Å². The minimum Gasteiger partial charge on any atom is -0.481 e. The Morgan fingerprint density at radius 1 is 1.56 bits per heavy atom. The highest BCUT2D eigenvalue weighted by molar-refractivity contribution is 9.10. The second kappa shape index (κ2) is 5.53. The molecule has 0 fully saturated rings. The lowest BCUT2D eigenvalue weighted by atomic mass is 10.2. The molecule has 1 aromatic heterocycles. The van der Waals surface area contributed by atoms with E-state index in [1.165, 1.54) is 0 Å². The molecule has 0 aliphatic rings. The molecule has 0 aliphatic heterocycles. The minimum atomic E-state index is -0.877. The Balaban J connectivity index is 2.36. The van der Waals surface area contributed by atoms with Gasteiger partial charge in [-0.25, -0.2) is 0 Å². The van der Waals surface area contributed by atoms with Gasteiger partial charge in [0.2, 0.25) is 0 Å². The molecule has 18 heavy (non-hydrogen) atoms. The molecule has 1 heterocycles. The van der Waals surface area contributed by atoms with E-state index in [9.17, 15) is 4.79 Å². The van der Waals surface area contributed by atoms with Crippen molar-refractivity contribution in [2.45, 2.75) is 12.1 Å². The van der Waals surface area contributed by atoms with Gasteiger partial charge in [0.25, 0.3) is 0 Å². The van der Waals surface area contributed by atoms with Gasteiger partial charge < -0.3 is 5.11 Å². The first-order valence-electron chi connectivity index (χ1n) is 5.09. The quantitative estimate of drug-likeness (QED) is 0.874. The molecule has 7 heteroatoms. The maximum Gasteiger partial charge on any atom is 0.313 e. The number of hydrogen-bond donors (Lipinski definition) is 1. The number of carboxylic acid groups (broad SMARTS) is 1. The molecule has 0 atom stereocenters. The van der Waals surface area contributed by atoms with Gasteiger partial charge in [-0.05, 0) is 40.5 Å². The van der Waals surface area contributed by atoms with Crippen LogP contribution in [0, 0.1) is 6.92 Å². The van der Waals surface area contributed by atoms with Gasteiger partial charge in [-0.15, -0.1) is 10.2 Å². The average Bonchev–Trinajstić information content (AvgIpc) is 2.77. The van der Waals surface area contributed by atoms with Crippen LogP contribution < -0.4 is 0 Å². The number of aromatic nitrogens is 3.